The van der Waals surface area contributed by atoms with Gasteiger partial charge in [0.1, 0.15) is 0 Å². The van der Waals surface area contributed by atoms with Gasteiger partial charge in [0.05, 0.1) is 0 Å². The van der Waals surface area contributed by atoms with Gasteiger partial charge in [-0.25, -0.2) is 0 Å². The van der Waals surface area contributed by atoms with E-state index in [1.807, 2.05) is 0 Å². The smallest absolute Gasteiger partial charge is 0.220 e. The van der Waals surface area contributed by atoms with Crippen LogP contribution in [-0.2, 0) is 17.8 Å². The highest BCUT2D eigenvalue weighted by Gasteiger charge is 2.22. The van der Waals surface area contributed by atoms with E-state index >= 15 is 0 Å². The predicted molar refractivity (Wildman–Crippen MR) is 85.9 cm³/mol. The highest BCUT2D eigenvalue weighted by molar-refractivity contribution is 5.75. The molecule has 1 aromatic carbocycles. The minimum Gasteiger partial charge on any atom is -0.355 e. The third-order valence-corrected chi connectivity index (χ3v) is 4.29. The van der Waals surface area contributed by atoms with E-state index in [1.165, 1.54) is 11.1 Å². The number of nitrogens with zero attached hydrogens (tertiary/aromatic N) is 1. The summed E-state index contributed by atoms with van der Waals surface area (Å²) in [7, 11) is 0. The summed E-state index contributed by atoms with van der Waals surface area (Å²) >= 11 is 0. The van der Waals surface area contributed by atoms with E-state index in [0.29, 0.717) is 19.0 Å². The van der Waals surface area contributed by atoms with Gasteiger partial charge in [-0.05, 0) is 36.9 Å². The van der Waals surface area contributed by atoms with Gasteiger partial charge in [-0.3, -0.25) is 9.69 Å². The standard InChI is InChI=1S/C17H27N3O/c1-2-16(12-19-17(21)8-5-10-18)20-11-9-14-6-3-4-7-15(14)13-20/h3-4,6-7,16H,2,5,8-13,18H2,1H3,(H,19,21). The third-order valence-electron chi connectivity index (χ3n) is 4.29. The number of benzene rings is 1. The van der Waals surface area contributed by atoms with Crippen molar-refractivity contribution >= 4 is 5.91 Å². The van der Waals surface area contributed by atoms with Crippen LogP contribution in [0.4, 0.5) is 0 Å². The van der Waals surface area contributed by atoms with Crippen LogP contribution in [-0.4, -0.2) is 36.5 Å². The quantitative estimate of drug-likeness (QED) is 0.803. The maximum absolute atomic E-state index is 11.7. The Morgan fingerprint density at radius 1 is 1.38 bits per heavy atom. The molecule has 0 radical (unpaired) electrons. The molecule has 1 atom stereocenters. The summed E-state index contributed by atoms with van der Waals surface area (Å²) in [5.74, 6) is 0.122. The number of hydrogen-bond acceptors (Lipinski definition) is 3. The summed E-state index contributed by atoms with van der Waals surface area (Å²) in [5, 5.41) is 3.05. The molecule has 4 nitrogen and oxygen atoms in total. The summed E-state index contributed by atoms with van der Waals surface area (Å²) < 4.78 is 0. The Kier molecular flexibility index (Phi) is 6.21. The van der Waals surface area contributed by atoms with Crippen LogP contribution in [0.2, 0.25) is 0 Å². The van der Waals surface area contributed by atoms with E-state index in [2.05, 4.69) is 41.4 Å². The van der Waals surface area contributed by atoms with Gasteiger partial charge in [-0.2, -0.15) is 0 Å². The summed E-state index contributed by atoms with van der Waals surface area (Å²) in [6, 6.07) is 9.08. The van der Waals surface area contributed by atoms with Gasteiger partial charge in [0.2, 0.25) is 5.91 Å². The maximum Gasteiger partial charge on any atom is 0.220 e. The number of hydrogen-bond donors (Lipinski definition) is 2. The molecule has 0 saturated carbocycles. The molecule has 0 fully saturated rings. The topological polar surface area (TPSA) is 58.4 Å². The van der Waals surface area contributed by atoms with Crippen molar-refractivity contribution in [2.45, 2.75) is 45.2 Å². The van der Waals surface area contributed by atoms with Crippen LogP contribution in [0, 0.1) is 0 Å². The number of nitrogens with one attached hydrogen (secondary N) is 1. The maximum atomic E-state index is 11.7. The Morgan fingerprint density at radius 2 is 2.14 bits per heavy atom. The predicted octanol–water partition coefficient (Wildman–Crippen LogP) is 1.68. The van der Waals surface area contributed by atoms with Crippen molar-refractivity contribution in [3.05, 3.63) is 35.4 Å². The van der Waals surface area contributed by atoms with Crippen molar-refractivity contribution in [3.63, 3.8) is 0 Å². The molecule has 1 aromatic rings. The molecule has 4 heteroatoms. The van der Waals surface area contributed by atoms with Crippen LogP contribution in [0.3, 0.4) is 0 Å². The van der Waals surface area contributed by atoms with Crippen molar-refractivity contribution in [1.82, 2.24) is 10.2 Å². The van der Waals surface area contributed by atoms with Crippen molar-refractivity contribution < 1.29 is 4.79 Å². The van der Waals surface area contributed by atoms with Crippen LogP contribution in [0.1, 0.15) is 37.3 Å². The largest absolute Gasteiger partial charge is 0.355 e. The fourth-order valence-electron chi connectivity index (χ4n) is 2.94. The van der Waals surface area contributed by atoms with Gasteiger partial charge < -0.3 is 11.1 Å². The Labute approximate surface area is 127 Å². The Hall–Kier alpha value is -1.39. The first-order valence-electron chi connectivity index (χ1n) is 8.02. The summed E-state index contributed by atoms with van der Waals surface area (Å²) in [5.41, 5.74) is 8.33. The molecule has 0 bridgehead atoms. The fourth-order valence-corrected chi connectivity index (χ4v) is 2.94. The number of nitrogens with two attached hydrogens (primary N) is 1. The molecular weight excluding hydrogens is 262 g/mol. The summed E-state index contributed by atoms with van der Waals surface area (Å²) in [6.45, 7) is 5.58. The minimum atomic E-state index is 0.122. The molecule has 21 heavy (non-hydrogen) atoms. The molecular formula is C17H27N3O. The number of rotatable bonds is 7. The molecule has 1 unspecified atom stereocenters. The third kappa shape index (κ3) is 4.55. The molecule has 0 saturated heterocycles. The zero-order valence-corrected chi connectivity index (χ0v) is 13.0. The van der Waals surface area contributed by atoms with Crippen molar-refractivity contribution in [3.8, 4) is 0 Å². The molecule has 1 aliphatic heterocycles. The van der Waals surface area contributed by atoms with Crippen LogP contribution in [0.15, 0.2) is 24.3 Å². The van der Waals surface area contributed by atoms with Gasteiger partial charge in [0.25, 0.3) is 0 Å². The average molecular weight is 289 g/mol. The fraction of sp³-hybridized carbons (Fsp3) is 0.588. The van der Waals surface area contributed by atoms with Crippen LogP contribution >= 0.6 is 0 Å². The highest BCUT2D eigenvalue weighted by Crippen LogP contribution is 2.21. The molecule has 2 rings (SSSR count). The molecule has 0 aromatic heterocycles. The molecule has 3 N–H and O–H groups in total. The minimum absolute atomic E-state index is 0.122. The lowest BCUT2D eigenvalue weighted by molar-refractivity contribution is -0.121. The van der Waals surface area contributed by atoms with E-state index in [1.54, 1.807) is 0 Å². The molecule has 116 valence electrons. The van der Waals surface area contributed by atoms with Gasteiger partial charge in [-0.1, -0.05) is 31.2 Å². The second-order valence-electron chi connectivity index (χ2n) is 5.75. The van der Waals surface area contributed by atoms with Crippen molar-refractivity contribution in [1.29, 1.82) is 0 Å². The van der Waals surface area contributed by atoms with Crippen LogP contribution in [0.25, 0.3) is 0 Å². The summed E-state index contributed by atoms with van der Waals surface area (Å²) in [4.78, 5) is 14.2. The lowest BCUT2D eigenvalue weighted by Gasteiger charge is -2.35. The molecule has 0 spiro atoms. The molecule has 1 aliphatic rings. The normalized spacial score (nSPS) is 16.3. The lowest BCUT2D eigenvalue weighted by Crippen LogP contribution is -2.45. The van der Waals surface area contributed by atoms with Gasteiger partial charge in [0.15, 0.2) is 0 Å². The first kappa shape index (κ1) is 16.0. The van der Waals surface area contributed by atoms with Gasteiger partial charge in [0, 0.05) is 32.1 Å². The van der Waals surface area contributed by atoms with E-state index in [-0.39, 0.29) is 5.91 Å². The monoisotopic (exact) mass is 289 g/mol. The Bertz CT molecular complexity index is 461. The Balaban J connectivity index is 1.86. The SMILES string of the molecule is CCC(CNC(=O)CCCN)N1CCc2ccccc2C1. The van der Waals surface area contributed by atoms with E-state index < -0.39 is 0 Å². The first-order valence-corrected chi connectivity index (χ1v) is 8.02. The molecule has 1 amide bonds. The van der Waals surface area contributed by atoms with Crippen LogP contribution in [0.5, 0.6) is 0 Å². The lowest BCUT2D eigenvalue weighted by atomic mass is 9.98. The number of carbonyl (C=O) groups is 1. The first-order chi connectivity index (χ1) is 10.2. The second kappa shape index (κ2) is 8.15. The van der Waals surface area contributed by atoms with Crippen molar-refractivity contribution in [2.75, 3.05) is 19.6 Å². The zero-order chi connectivity index (χ0) is 15.1. The van der Waals surface area contributed by atoms with E-state index in [0.717, 1.165) is 38.9 Å². The summed E-state index contributed by atoms with van der Waals surface area (Å²) in [6.07, 6.45) is 3.46. The van der Waals surface area contributed by atoms with E-state index in [9.17, 15) is 4.79 Å². The van der Waals surface area contributed by atoms with Crippen LogP contribution < -0.4 is 11.1 Å². The van der Waals surface area contributed by atoms with E-state index in [4.69, 9.17) is 5.73 Å². The van der Waals surface area contributed by atoms with Gasteiger partial charge in [-0.15, -0.1) is 0 Å². The number of carbonyl (C=O) groups excluding carboxylic acids is 1. The highest BCUT2D eigenvalue weighted by atomic mass is 16.1. The Morgan fingerprint density at radius 3 is 2.86 bits per heavy atom. The van der Waals surface area contributed by atoms with Crippen molar-refractivity contribution in [2.24, 2.45) is 5.73 Å². The van der Waals surface area contributed by atoms with Gasteiger partial charge >= 0.3 is 0 Å². The number of fused-ring (bicyclic) bond motifs is 1. The second-order valence-corrected chi connectivity index (χ2v) is 5.75. The molecule has 0 aliphatic carbocycles. The average Bonchev–Trinajstić information content (AvgIpc) is 2.53. The molecule has 1 heterocycles. The number of amides is 1. The zero-order valence-electron chi connectivity index (χ0n) is 13.0.